The van der Waals surface area contributed by atoms with Crippen molar-refractivity contribution in [2.45, 2.75) is 26.6 Å². The average Bonchev–Trinajstić information content (AvgIpc) is 3.19. The molecule has 0 radical (unpaired) electrons. The topological polar surface area (TPSA) is 84.9 Å². The molecular weight excluding hydrogens is 318 g/mol. The van der Waals surface area contributed by atoms with Crippen LogP contribution in [0.15, 0.2) is 41.3 Å². The van der Waals surface area contributed by atoms with E-state index in [1.54, 1.807) is 12.4 Å². The summed E-state index contributed by atoms with van der Waals surface area (Å²) in [5, 5.41) is 11.9. The molecule has 25 heavy (non-hydrogen) atoms. The van der Waals surface area contributed by atoms with E-state index in [2.05, 4.69) is 41.2 Å². The summed E-state index contributed by atoms with van der Waals surface area (Å²) in [6.45, 7) is 6.13. The Morgan fingerprint density at radius 1 is 1.24 bits per heavy atom. The molecular formula is C17H21N7O. The molecule has 0 saturated carbocycles. The molecule has 0 unspecified atom stereocenters. The van der Waals surface area contributed by atoms with Gasteiger partial charge in [-0.05, 0) is 19.1 Å². The van der Waals surface area contributed by atoms with E-state index in [9.17, 15) is 0 Å². The van der Waals surface area contributed by atoms with Gasteiger partial charge in [0.25, 0.3) is 0 Å². The van der Waals surface area contributed by atoms with Crippen LogP contribution in [0.3, 0.4) is 0 Å². The molecule has 4 heterocycles. The third kappa shape index (κ3) is 3.85. The van der Waals surface area contributed by atoms with Crippen molar-refractivity contribution < 1.29 is 4.52 Å². The summed E-state index contributed by atoms with van der Waals surface area (Å²) >= 11 is 0. The maximum absolute atomic E-state index is 5.20. The van der Waals surface area contributed by atoms with Crippen molar-refractivity contribution >= 4 is 5.95 Å². The molecule has 1 aliphatic rings. The van der Waals surface area contributed by atoms with Crippen molar-refractivity contribution in [1.29, 1.82) is 0 Å². The summed E-state index contributed by atoms with van der Waals surface area (Å²) in [5.74, 6) is 1.89. The van der Waals surface area contributed by atoms with Crippen LogP contribution in [0, 0.1) is 12.8 Å². The Kier molecular flexibility index (Phi) is 4.43. The fraction of sp³-hybridized carbons (Fsp3) is 0.412. The number of nitrogens with one attached hydrogen (secondary N) is 1. The van der Waals surface area contributed by atoms with Gasteiger partial charge < -0.3 is 9.84 Å². The van der Waals surface area contributed by atoms with Crippen molar-refractivity contribution in [2.75, 3.05) is 18.4 Å². The minimum Gasteiger partial charge on any atom is -0.361 e. The summed E-state index contributed by atoms with van der Waals surface area (Å²) in [6.07, 6.45) is 5.35. The van der Waals surface area contributed by atoms with Crippen molar-refractivity contribution in [3.8, 4) is 0 Å². The number of nitrogens with zero attached hydrogens (tertiary/aromatic N) is 6. The summed E-state index contributed by atoms with van der Waals surface area (Å²) < 4.78 is 7.29. The van der Waals surface area contributed by atoms with Gasteiger partial charge in [0.15, 0.2) is 0 Å². The van der Waals surface area contributed by atoms with Crippen LogP contribution in [-0.4, -0.2) is 42.9 Å². The predicted octanol–water partition coefficient (Wildman–Crippen LogP) is 1.71. The van der Waals surface area contributed by atoms with Crippen LogP contribution >= 0.6 is 0 Å². The second-order valence-corrected chi connectivity index (χ2v) is 6.42. The SMILES string of the molecule is Cc1cc(CN2Cc3ccnn3C[C@H](CNc3ncccn3)C2)no1. The van der Waals surface area contributed by atoms with E-state index in [0.717, 1.165) is 44.2 Å². The minimum absolute atomic E-state index is 0.387. The number of hydrogen-bond acceptors (Lipinski definition) is 7. The first-order valence-electron chi connectivity index (χ1n) is 8.42. The highest BCUT2D eigenvalue weighted by Crippen LogP contribution is 2.18. The zero-order valence-corrected chi connectivity index (χ0v) is 14.2. The van der Waals surface area contributed by atoms with E-state index in [4.69, 9.17) is 4.52 Å². The number of aryl methyl sites for hydroxylation is 1. The number of rotatable bonds is 5. The Labute approximate surface area is 145 Å². The minimum atomic E-state index is 0.387. The summed E-state index contributed by atoms with van der Waals surface area (Å²) in [5.41, 5.74) is 2.18. The molecule has 8 heteroatoms. The molecule has 3 aromatic heterocycles. The highest BCUT2D eigenvalue weighted by molar-refractivity contribution is 5.22. The summed E-state index contributed by atoms with van der Waals surface area (Å²) in [6, 6.07) is 5.89. The van der Waals surface area contributed by atoms with E-state index < -0.39 is 0 Å². The van der Waals surface area contributed by atoms with Crippen LogP contribution in [0.1, 0.15) is 17.1 Å². The Bertz CT molecular complexity index is 813. The largest absolute Gasteiger partial charge is 0.361 e. The van der Waals surface area contributed by atoms with Crippen molar-refractivity contribution in [1.82, 2.24) is 29.8 Å². The van der Waals surface area contributed by atoms with Crippen molar-refractivity contribution in [2.24, 2.45) is 5.92 Å². The normalized spacial score (nSPS) is 17.9. The Hall–Kier alpha value is -2.74. The quantitative estimate of drug-likeness (QED) is 0.757. The fourth-order valence-electron chi connectivity index (χ4n) is 3.22. The van der Waals surface area contributed by atoms with Crippen molar-refractivity contribution in [3.63, 3.8) is 0 Å². The molecule has 4 rings (SSSR count). The van der Waals surface area contributed by atoms with E-state index in [-0.39, 0.29) is 0 Å². The van der Waals surface area contributed by atoms with Crippen LogP contribution in [0.25, 0.3) is 0 Å². The molecule has 1 atom stereocenters. The van der Waals surface area contributed by atoms with Gasteiger partial charge in [-0.2, -0.15) is 5.10 Å². The molecule has 130 valence electrons. The third-order valence-electron chi connectivity index (χ3n) is 4.31. The highest BCUT2D eigenvalue weighted by Gasteiger charge is 2.23. The lowest BCUT2D eigenvalue weighted by molar-refractivity contribution is 0.219. The van der Waals surface area contributed by atoms with Crippen LogP contribution in [0.2, 0.25) is 0 Å². The Morgan fingerprint density at radius 3 is 2.92 bits per heavy atom. The van der Waals surface area contributed by atoms with Crippen molar-refractivity contribution in [3.05, 3.63) is 53.9 Å². The standard InChI is InChI=1S/C17H21N7O/c1-13-7-15(22-25-13)11-23-9-14(8-20-17-18-4-2-5-19-17)10-24-16(12-23)3-6-21-24/h2-7,14H,8-12H2,1H3,(H,18,19,20)/t14-/m1/s1. The molecule has 1 aliphatic heterocycles. The van der Waals surface area contributed by atoms with E-state index in [1.165, 1.54) is 5.69 Å². The number of aromatic nitrogens is 5. The lowest BCUT2D eigenvalue weighted by Crippen LogP contribution is -2.31. The van der Waals surface area contributed by atoms with Crippen LogP contribution in [-0.2, 0) is 19.6 Å². The van der Waals surface area contributed by atoms with Gasteiger partial charge in [0.1, 0.15) is 5.76 Å². The van der Waals surface area contributed by atoms with Gasteiger partial charge in [-0.3, -0.25) is 9.58 Å². The molecule has 1 N–H and O–H groups in total. The first kappa shape index (κ1) is 15.8. The van der Waals surface area contributed by atoms with Gasteiger partial charge in [0.05, 0.1) is 11.4 Å². The third-order valence-corrected chi connectivity index (χ3v) is 4.31. The highest BCUT2D eigenvalue weighted by atomic mass is 16.5. The van der Waals surface area contributed by atoms with Gasteiger partial charge >= 0.3 is 0 Å². The van der Waals surface area contributed by atoms with Crippen LogP contribution in [0.4, 0.5) is 5.95 Å². The first-order valence-corrected chi connectivity index (χ1v) is 8.42. The maximum Gasteiger partial charge on any atom is 0.222 e. The van der Waals surface area contributed by atoms with Crippen LogP contribution < -0.4 is 5.32 Å². The zero-order chi connectivity index (χ0) is 17.1. The molecule has 0 bridgehead atoms. The maximum atomic E-state index is 5.20. The molecule has 0 fully saturated rings. The molecule has 0 amide bonds. The lowest BCUT2D eigenvalue weighted by atomic mass is 10.1. The Balaban J connectivity index is 1.47. The van der Waals surface area contributed by atoms with E-state index in [1.807, 2.05) is 25.3 Å². The lowest BCUT2D eigenvalue weighted by Gasteiger charge is -2.23. The zero-order valence-electron chi connectivity index (χ0n) is 14.2. The van der Waals surface area contributed by atoms with Gasteiger partial charge in [-0.25, -0.2) is 9.97 Å². The summed E-state index contributed by atoms with van der Waals surface area (Å²) in [4.78, 5) is 10.8. The van der Waals surface area contributed by atoms with Gasteiger partial charge in [0.2, 0.25) is 5.95 Å². The van der Waals surface area contributed by atoms with E-state index in [0.29, 0.717) is 11.9 Å². The first-order chi connectivity index (χ1) is 12.3. The molecule has 8 nitrogen and oxygen atoms in total. The molecule has 0 aromatic carbocycles. The fourth-order valence-corrected chi connectivity index (χ4v) is 3.22. The molecule has 3 aromatic rings. The number of hydrogen-bond donors (Lipinski definition) is 1. The summed E-state index contributed by atoms with van der Waals surface area (Å²) in [7, 11) is 0. The monoisotopic (exact) mass is 339 g/mol. The number of fused-ring (bicyclic) bond motifs is 1. The molecule has 0 spiro atoms. The molecule has 0 aliphatic carbocycles. The second-order valence-electron chi connectivity index (χ2n) is 6.42. The Morgan fingerprint density at radius 2 is 2.12 bits per heavy atom. The van der Waals surface area contributed by atoms with Gasteiger partial charge in [-0.15, -0.1) is 0 Å². The van der Waals surface area contributed by atoms with Gasteiger partial charge in [0, 0.05) is 63.3 Å². The molecule has 0 saturated heterocycles. The smallest absolute Gasteiger partial charge is 0.222 e. The van der Waals surface area contributed by atoms with Gasteiger partial charge in [-0.1, -0.05) is 5.16 Å². The average molecular weight is 339 g/mol. The predicted molar refractivity (Wildman–Crippen MR) is 91.6 cm³/mol. The van der Waals surface area contributed by atoms with Crippen LogP contribution in [0.5, 0.6) is 0 Å². The van der Waals surface area contributed by atoms with E-state index >= 15 is 0 Å². The number of anilines is 1. The second kappa shape index (κ2) is 7.02.